The molecule has 1 aromatic carbocycles. The van der Waals surface area contributed by atoms with Gasteiger partial charge in [-0.05, 0) is 44.2 Å². The maximum Gasteiger partial charge on any atom is 0.229 e. The first-order chi connectivity index (χ1) is 16.7. The van der Waals surface area contributed by atoms with Gasteiger partial charge < -0.3 is 20.3 Å². The zero-order chi connectivity index (χ0) is 25.0. The smallest absolute Gasteiger partial charge is 0.229 e. The first-order valence-corrected chi connectivity index (χ1v) is 13.5. The Hall–Kier alpha value is -3.75. The third kappa shape index (κ3) is 6.23. The normalized spacial score (nSPS) is 13.5. The Kier molecular flexibility index (Phi) is 7.14. The van der Waals surface area contributed by atoms with Crippen molar-refractivity contribution in [2.75, 3.05) is 43.3 Å². The molecule has 2 aromatic heterocycles. The molecule has 1 aliphatic heterocycles. The van der Waals surface area contributed by atoms with Crippen LogP contribution in [0, 0.1) is 11.3 Å². The standard InChI is InChI=1S/C24H28N8O2S/c1-5-34-20-12-18(11-16-15-32(2)10-9-19(16)20)27-24-26-14-17(13-25)23(30-24)29-21-7-6-8-22(28-21)31-35(3,4)33/h6-8,11-12,14H,5,9-10,15H2,1-4H3,(H2,26,27,28,29,30). The minimum atomic E-state index is -2.36. The second kappa shape index (κ2) is 10.2. The van der Waals surface area contributed by atoms with E-state index in [1.807, 2.05) is 13.0 Å². The molecule has 10 nitrogen and oxygen atoms in total. The quantitative estimate of drug-likeness (QED) is 0.503. The highest BCUT2D eigenvalue weighted by Gasteiger charge is 2.19. The van der Waals surface area contributed by atoms with E-state index in [0.717, 1.165) is 30.9 Å². The Morgan fingerprint density at radius 1 is 1.26 bits per heavy atom. The topological polar surface area (TPSA) is 128 Å². The summed E-state index contributed by atoms with van der Waals surface area (Å²) in [6.45, 7) is 4.37. The van der Waals surface area contributed by atoms with E-state index in [-0.39, 0.29) is 5.56 Å². The highest BCUT2D eigenvalue weighted by molar-refractivity contribution is 7.92. The Balaban J connectivity index is 1.63. The summed E-state index contributed by atoms with van der Waals surface area (Å²) in [5.41, 5.74) is 3.50. The number of rotatable bonds is 7. The van der Waals surface area contributed by atoms with Gasteiger partial charge in [-0.25, -0.2) is 14.2 Å². The van der Waals surface area contributed by atoms with Crippen LogP contribution < -0.4 is 15.4 Å². The second-order valence-electron chi connectivity index (χ2n) is 8.50. The number of hydrogen-bond acceptors (Lipinski definition) is 10. The summed E-state index contributed by atoms with van der Waals surface area (Å²) in [7, 11) is -0.257. The Morgan fingerprint density at radius 2 is 2.09 bits per heavy atom. The van der Waals surface area contributed by atoms with Gasteiger partial charge in [-0.2, -0.15) is 14.6 Å². The highest BCUT2D eigenvalue weighted by Crippen LogP contribution is 2.33. The molecule has 0 saturated carbocycles. The number of nitrogens with one attached hydrogen (secondary N) is 2. The molecule has 2 N–H and O–H groups in total. The SMILES string of the molecule is CCOc1cc(Nc2ncc(C#N)c(Nc3cccc(N=S(C)(C)=O)n3)n2)cc2c1CCN(C)C2. The number of hydrogen-bond donors (Lipinski definition) is 2. The van der Waals surface area contributed by atoms with Crippen molar-refractivity contribution in [1.82, 2.24) is 19.9 Å². The number of likely N-dealkylation sites (N-methyl/N-ethyl adjacent to an activating group) is 1. The van der Waals surface area contributed by atoms with Crippen LogP contribution in [0.15, 0.2) is 40.9 Å². The number of nitrogens with zero attached hydrogens (tertiary/aromatic N) is 6. The number of anilines is 4. The predicted molar refractivity (Wildman–Crippen MR) is 137 cm³/mol. The lowest BCUT2D eigenvalue weighted by molar-refractivity contribution is 0.297. The van der Waals surface area contributed by atoms with Crippen LogP contribution in [0.25, 0.3) is 0 Å². The summed E-state index contributed by atoms with van der Waals surface area (Å²) < 4.78 is 22.0. The van der Waals surface area contributed by atoms with Crippen LogP contribution in [0.1, 0.15) is 23.6 Å². The maximum absolute atomic E-state index is 12.0. The lowest BCUT2D eigenvalue weighted by Gasteiger charge is -2.27. The minimum Gasteiger partial charge on any atom is -0.494 e. The molecule has 35 heavy (non-hydrogen) atoms. The largest absolute Gasteiger partial charge is 0.494 e. The van der Waals surface area contributed by atoms with Gasteiger partial charge in [0.05, 0.1) is 12.8 Å². The summed E-state index contributed by atoms with van der Waals surface area (Å²) >= 11 is 0. The van der Waals surface area contributed by atoms with E-state index in [0.29, 0.717) is 30.0 Å². The van der Waals surface area contributed by atoms with Gasteiger partial charge in [0.15, 0.2) is 11.6 Å². The summed E-state index contributed by atoms with van der Waals surface area (Å²) in [5.74, 6) is 2.24. The Bertz CT molecular complexity index is 1380. The molecule has 1 aliphatic rings. The van der Waals surface area contributed by atoms with E-state index in [2.05, 4.69) is 54.0 Å². The summed E-state index contributed by atoms with van der Waals surface area (Å²) in [4.78, 5) is 15.4. The van der Waals surface area contributed by atoms with E-state index in [9.17, 15) is 9.47 Å². The van der Waals surface area contributed by atoms with E-state index in [1.54, 1.807) is 30.7 Å². The minimum absolute atomic E-state index is 0.261. The van der Waals surface area contributed by atoms with Crippen LogP contribution >= 0.6 is 0 Å². The molecule has 3 aromatic rings. The predicted octanol–water partition coefficient (Wildman–Crippen LogP) is 3.98. The summed E-state index contributed by atoms with van der Waals surface area (Å²) in [5, 5.41) is 15.8. The first-order valence-electron chi connectivity index (χ1n) is 11.2. The van der Waals surface area contributed by atoms with Gasteiger partial charge in [-0.1, -0.05) is 6.07 Å². The van der Waals surface area contributed by atoms with Crippen molar-refractivity contribution in [3.8, 4) is 11.8 Å². The fraction of sp³-hybridized carbons (Fsp3) is 0.333. The van der Waals surface area contributed by atoms with Crippen LogP contribution in [0.3, 0.4) is 0 Å². The van der Waals surface area contributed by atoms with Crippen molar-refractivity contribution in [3.05, 3.63) is 53.2 Å². The molecule has 182 valence electrons. The van der Waals surface area contributed by atoms with Gasteiger partial charge in [-0.15, -0.1) is 0 Å². The van der Waals surface area contributed by atoms with E-state index >= 15 is 0 Å². The molecule has 0 amide bonds. The van der Waals surface area contributed by atoms with Crippen LogP contribution in [0.2, 0.25) is 0 Å². The Labute approximate surface area is 205 Å². The monoisotopic (exact) mass is 492 g/mol. The lowest BCUT2D eigenvalue weighted by Crippen LogP contribution is -2.27. The van der Waals surface area contributed by atoms with Crippen molar-refractivity contribution in [2.45, 2.75) is 19.9 Å². The third-order valence-electron chi connectivity index (χ3n) is 5.24. The second-order valence-corrected chi connectivity index (χ2v) is 11.0. The molecule has 11 heteroatoms. The van der Waals surface area contributed by atoms with E-state index in [1.165, 1.54) is 17.3 Å². The fourth-order valence-corrected chi connectivity index (χ4v) is 4.35. The molecule has 0 spiro atoms. The molecular formula is C24H28N8O2S. The van der Waals surface area contributed by atoms with Crippen molar-refractivity contribution < 1.29 is 8.95 Å². The zero-order valence-corrected chi connectivity index (χ0v) is 21.0. The summed E-state index contributed by atoms with van der Waals surface area (Å²) in [6.07, 6.45) is 5.47. The first kappa shape index (κ1) is 24.4. The average molecular weight is 493 g/mol. The van der Waals surface area contributed by atoms with Gasteiger partial charge in [-0.3, -0.25) is 0 Å². The number of aromatic nitrogens is 3. The van der Waals surface area contributed by atoms with Gasteiger partial charge in [0, 0.05) is 52.6 Å². The van der Waals surface area contributed by atoms with Crippen molar-refractivity contribution in [2.24, 2.45) is 4.36 Å². The molecular weight excluding hydrogens is 464 g/mol. The molecule has 4 rings (SSSR count). The molecule has 0 atom stereocenters. The lowest BCUT2D eigenvalue weighted by atomic mass is 9.98. The molecule has 0 fully saturated rings. The molecule has 0 radical (unpaired) electrons. The van der Waals surface area contributed by atoms with E-state index < -0.39 is 9.73 Å². The number of nitriles is 1. The molecule has 0 unspecified atom stereocenters. The molecule has 0 bridgehead atoms. The van der Waals surface area contributed by atoms with E-state index in [4.69, 9.17) is 4.74 Å². The van der Waals surface area contributed by atoms with Crippen LogP contribution in [-0.2, 0) is 22.7 Å². The Morgan fingerprint density at radius 3 is 2.83 bits per heavy atom. The maximum atomic E-state index is 12.0. The highest BCUT2D eigenvalue weighted by atomic mass is 32.2. The molecule has 0 saturated heterocycles. The molecule has 3 heterocycles. The van der Waals surface area contributed by atoms with Crippen molar-refractivity contribution in [3.63, 3.8) is 0 Å². The summed E-state index contributed by atoms with van der Waals surface area (Å²) in [6, 6.07) is 11.3. The molecule has 0 aliphatic carbocycles. The fourth-order valence-electron chi connectivity index (χ4n) is 3.80. The van der Waals surface area contributed by atoms with Crippen molar-refractivity contribution in [1.29, 1.82) is 5.26 Å². The zero-order valence-electron chi connectivity index (χ0n) is 20.2. The van der Waals surface area contributed by atoms with Crippen LogP contribution in [0.5, 0.6) is 5.75 Å². The van der Waals surface area contributed by atoms with Gasteiger partial charge in [0.2, 0.25) is 5.95 Å². The number of ether oxygens (including phenoxy) is 1. The number of pyridine rings is 1. The number of fused-ring (bicyclic) bond motifs is 1. The van der Waals surface area contributed by atoms with Gasteiger partial charge in [0.25, 0.3) is 0 Å². The van der Waals surface area contributed by atoms with Crippen LogP contribution in [0.4, 0.5) is 29.1 Å². The van der Waals surface area contributed by atoms with Gasteiger partial charge in [0.1, 0.15) is 23.2 Å². The third-order valence-corrected chi connectivity index (χ3v) is 5.87. The average Bonchev–Trinajstić information content (AvgIpc) is 2.78. The van der Waals surface area contributed by atoms with Crippen molar-refractivity contribution >= 4 is 38.8 Å². The number of benzene rings is 1. The van der Waals surface area contributed by atoms with Gasteiger partial charge >= 0.3 is 0 Å². The van der Waals surface area contributed by atoms with Crippen LogP contribution in [-0.4, -0.2) is 56.8 Å².